The van der Waals surface area contributed by atoms with E-state index in [1.54, 1.807) is 0 Å². The first-order valence-electron chi connectivity index (χ1n) is 5.18. The van der Waals surface area contributed by atoms with E-state index < -0.39 is 5.97 Å². The van der Waals surface area contributed by atoms with Gasteiger partial charge in [0, 0.05) is 0 Å². The predicted octanol–water partition coefficient (Wildman–Crippen LogP) is 3.08. The summed E-state index contributed by atoms with van der Waals surface area (Å²) in [5.41, 5.74) is 0.0434. The van der Waals surface area contributed by atoms with Crippen LogP contribution in [-0.4, -0.2) is 16.8 Å². The van der Waals surface area contributed by atoms with Crippen molar-refractivity contribution in [1.29, 1.82) is 0 Å². The lowest BCUT2D eigenvalue weighted by atomic mass is 9.71. The van der Waals surface area contributed by atoms with Crippen molar-refractivity contribution >= 4 is 18.6 Å². The van der Waals surface area contributed by atoms with E-state index >= 15 is 0 Å². The lowest BCUT2D eigenvalue weighted by Crippen LogP contribution is -2.33. The number of aliphatic carboxylic acids is 1. The van der Waals surface area contributed by atoms with Crippen LogP contribution in [-0.2, 0) is 4.79 Å². The van der Waals surface area contributed by atoms with Gasteiger partial charge in [0.15, 0.2) is 0 Å². The molecule has 0 saturated heterocycles. The van der Waals surface area contributed by atoms with Gasteiger partial charge in [0.05, 0.1) is 5.92 Å². The van der Waals surface area contributed by atoms with E-state index in [2.05, 4.69) is 33.4 Å². The zero-order valence-corrected chi connectivity index (χ0v) is 10.5. The van der Waals surface area contributed by atoms with E-state index in [-0.39, 0.29) is 17.3 Å². The molecule has 0 aromatic rings. The van der Waals surface area contributed by atoms with E-state index in [1.165, 1.54) is 0 Å². The van der Waals surface area contributed by atoms with Crippen molar-refractivity contribution in [3.63, 3.8) is 0 Å². The summed E-state index contributed by atoms with van der Waals surface area (Å²) in [7, 11) is 0. The average molecular weight is 218 g/mol. The Bertz CT molecular complexity index is 184. The second-order valence-corrected chi connectivity index (χ2v) is 5.28. The summed E-state index contributed by atoms with van der Waals surface area (Å²) in [5, 5.41) is 9.11. The zero-order valence-electron chi connectivity index (χ0n) is 9.58. The Morgan fingerprint density at radius 1 is 1.43 bits per heavy atom. The Morgan fingerprint density at radius 3 is 2.14 bits per heavy atom. The van der Waals surface area contributed by atoms with Gasteiger partial charge in [-0.25, -0.2) is 0 Å². The minimum Gasteiger partial charge on any atom is -0.481 e. The highest BCUT2D eigenvalue weighted by Gasteiger charge is 2.34. The molecule has 0 aromatic heterocycles. The molecule has 2 nitrogen and oxygen atoms in total. The van der Waals surface area contributed by atoms with Crippen LogP contribution in [0.25, 0.3) is 0 Å². The smallest absolute Gasteiger partial charge is 0.306 e. The zero-order chi connectivity index (χ0) is 11.4. The third-order valence-electron chi connectivity index (χ3n) is 2.80. The van der Waals surface area contributed by atoms with Gasteiger partial charge in [-0.15, -0.1) is 0 Å². The van der Waals surface area contributed by atoms with Gasteiger partial charge in [-0.3, -0.25) is 4.79 Å². The molecule has 0 aliphatic rings. The quantitative estimate of drug-likeness (QED) is 0.696. The van der Waals surface area contributed by atoms with Crippen LogP contribution >= 0.6 is 12.6 Å². The first kappa shape index (κ1) is 13.8. The fourth-order valence-corrected chi connectivity index (χ4v) is 2.29. The molecule has 0 amide bonds. The summed E-state index contributed by atoms with van der Waals surface area (Å²) >= 11 is 4.20. The Labute approximate surface area is 92.5 Å². The van der Waals surface area contributed by atoms with Gasteiger partial charge >= 0.3 is 5.97 Å². The first-order valence-corrected chi connectivity index (χ1v) is 5.81. The SMILES string of the molecule is CCC(C(=O)O)C(CCS)C(C)(C)C. The molecular formula is C11H22O2S. The van der Waals surface area contributed by atoms with E-state index in [0.717, 1.165) is 12.2 Å². The number of carbonyl (C=O) groups is 1. The maximum absolute atomic E-state index is 11.1. The van der Waals surface area contributed by atoms with Crippen molar-refractivity contribution in [2.75, 3.05) is 5.75 Å². The standard InChI is InChI=1S/C11H22O2S/c1-5-8(10(12)13)9(6-7-14)11(2,3)4/h8-9,14H,5-7H2,1-4H3,(H,12,13). The fourth-order valence-electron chi connectivity index (χ4n) is 2.01. The van der Waals surface area contributed by atoms with E-state index in [9.17, 15) is 4.79 Å². The summed E-state index contributed by atoms with van der Waals surface area (Å²) in [5.74, 6) is 0.0602. The fraction of sp³-hybridized carbons (Fsp3) is 0.909. The molecule has 0 heterocycles. The van der Waals surface area contributed by atoms with Gasteiger partial charge in [-0.2, -0.15) is 12.6 Å². The largest absolute Gasteiger partial charge is 0.481 e. The van der Waals surface area contributed by atoms with Crippen LogP contribution in [0.5, 0.6) is 0 Å². The number of carboxylic acid groups (broad SMARTS) is 1. The normalized spacial score (nSPS) is 16.4. The van der Waals surface area contributed by atoms with Crippen molar-refractivity contribution in [2.24, 2.45) is 17.3 Å². The van der Waals surface area contributed by atoms with Crippen LogP contribution in [0.3, 0.4) is 0 Å². The minimum absolute atomic E-state index is 0.0434. The van der Waals surface area contributed by atoms with Gasteiger partial charge in [0.2, 0.25) is 0 Å². The molecule has 0 spiro atoms. The van der Waals surface area contributed by atoms with Crippen molar-refractivity contribution in [3.05, 3.63) is 0 Å². The molecule has 84 valence electrons. The Balaban J connectivity index is 4.69. The highest BCUT2D eigenvalue weighted by molar-refractivity contribution is 7.80. The molecule has 0 aromatic carbocycles. The molecule has 2 atom stereocenters. The van der Waals surface area contributed by atoms with Crippen LogP contribution in [0.1, 0.15) is 40.5 Å². The van der Waals surface area contributed by atoms with Gasteiger partial charge in [0.1, 0.15) is 0 Å². The number of hydrogen-bond donors (Lipinski definition) is 2. The molecule has 0 bridgehead atoms. The van der Waals surface area contributed by atoms with Crippen molar-refractivity contribution < 1.29 is 9.90 Å². The van der Waals surface area contributed by atoms with Gasteiger partial charge in [-0.1, -0.05) is 27.7 Å². The van der Waals surface area contributed by atoms with Gasteiger partial charge < -0.3 is 5.11 Å². The molecule has 14 heavy (non-hydrogen) atoms. The summed E-state index contributed by atoms with van der Waals surface area (Å²) < 4.78 is 0. The topological polar surface area (TPSA) is 37.3 Å². The molecule has 0 radical (unpaired) electrons. The number of thiol groups is 1. The summed E-state index contributed by atoms with van der Waals surface area (Å²) in [6, 6.07) is 0. The lowest BCUT2D eigenvalue weighted by Gasteiger charge is -2.34. The third kappa shape index (κ3) is 3.91. The molecule has 3 heteroatoms. The van der Waals surface area contributed by atoms with Crippen LogP contribution in [0.2, 0.25) is 0 Å². The van der Waals surface area contributed by atoms with Crippen molar-refractivity contribution in [3.8, 4) is 0 Å². The maximum Gasteiger partial charge on any atom is 0.306 e. The van der Waals surface area contributed by atoms with Gasteiger partial charge in [-0.05, 0) is 29.9 Å². The second kappa shape index (κ2) is 5.64. The van der Waals surface area contributed by atoms with Crippen molar-refractivity contribution in [1.82, 2.24) is 0 Å². The van der Waals surface area contributed by atoms with Gasteiger partial charge in [0.25, 0.3) is 0 Å². The number of rotatable bonds is 5. The lowest BCUT2D eigenvalue weighted by molar-refractivity contribution is -0.145. The van der Waals surface area contributed by atoms with Crippen molar-refractivity contribution in [2.45, 2.75) is 40.5 Å². The molecule has 2 unspecified atom stereocenters. The number of hydrogen-bond acceptors (Lipinski definition) is 2. The highest BCUT2D eigenvalue weighted by Crippen LogP contribution is 2.36. The molecule has 0 aliphatic heterocycles. The van der Waals surface area contributed by atoms with Crippen LogP contribution in [0.4, 0.5) is 0 Å². The highest BCUT2D eigenvalue weighted by atomic mass is 32.1. The molecule has 1 N–H and O–H groups in total. The predicted molar refractivity (Wildman–Crippen MR) is 62.8 cm³/mol. The van der Waals surface area contributed by atoms with Crippen LogP contribution < -0.4 is 0 Å². The Morgan fingerprint density at radius 2 is 1.93 bits per heavy atom. The number of carboxylic acids is 1. The van der Waals surface area contributed by atoms with Crippen LogP contribution in [0, 0.1) is 17.3 Å². The molecule has 0 aliphatic carbocycles. The van der Waals surface area contributed by atoms with E-state index in [1.807, 2.05) is 6.92 Å². The van der Waals surface area contributed by atoms with E-state index in [4.69, 9.17) is 5.11 Å². The first-order chi connectivity index (χ1) is 6.34. The second-order valence-electron chi connectivity index (χ2n) is 4.84. The summed E-state index contributed by atoms with van der Waals surface area (Å²) in [6.45, 7) is 8.25. The Hall–Kier alpha value is -0.180. The molecule has 0 rings (SSSR count). The Kier molecular flexibility index (Phi) is 5.57. The van der Waals surface area contributed by atoms with E-state index in [0.29, 0.717) is 6.42 Å². The monoisotopic (exact) mass is 218 g/mol. The maximum atomic E-state index is 11.1. The van der Waals surface area contributed by atoms with Crippen LogP contribution in [0.15, 0.2) is 0 Å². The minimum atomic E-state index is -0.672. The molecule has 0 saturated carbocycles. The average Bonchev–Trinajstić information content (AvgIpc) is 2.02. The third-order valence-corrected chi connectivity index (χ3v) is 3.05. The molecule has 0 fully saturated rings. The molecular weight excluding hydrogens is 196 g/mol. The summed E-state index contributed by atoms with van der Waals surface area (Å²) in [6.07, 6.45) is 1.57. The summed E-state index contributed by atoms with van der Waals surface area (Å²) in [4.78, 5) is 11.1.